The molecule has 0 aromatic carbocycles. The molecule has 0 fully saturated rings. The van der Waals surface area contributed by atoms with Crippen molar-refractivity contribution in [2.45, 2.75) is 219 Å². The van der Waals surface area contributed by atoms with Gasteiger partial charge in [-0.1, -0.05) is 166 Å². The molecule has 0 amide bonds. The van der Waals surface area contributed by atoms with Gasteiger partial charge in [0.05, 0.1) is 0 Å². The molecule has 0 aromatic rings. The molecule has 0 radical (unpaired) electrons. The summed E-state index contributed by atoms with van der Waals surface area (Å²) >= 11 is 0. The molecule has 46 heavy (non-hydrogen) atoms. The third kappa shape index (κ3) is 36.6. The summed E-state index contributed by atoms with van der Waals surface area (Å²) in [6, 6.07) is 0. The molecular formula is C42H76O4. The van der Waals surface area contributed by atoms with Crippen LogP contribution in [0.5, 0.6) is 0 Å². The van der Waals surface area contributed by atoms with Crippen LogP contribution in [0.15, 0.2) is 36.5 Å². The van der Waals surface area contributed by atoms with Gasteiger partial charge in [0, 0.05) is 12.8 Å². The van der Waals surface area contributed by atoms with Crippen LogP contribution in [0.25, 0.3) is 0 Å². The maximum absolute atomic E-state index is 12.6. The molecule has 1 unspecified atom stereocenters. The molecule has 4 heteroatoms. The van der Waals surface area contributed by atoms with Crippen LogP contribution in [0, 0.1) is 0 Å². The standard InChI is InChI=1S/C42H76O4/c1-3-5-7-9-11-13-15-17-19-21-23-25-27-29-35-39-42(45)46-40(37-33-30-31-34-38-41(43)44)36-32-28-26-24-22-20-18-16-14-12-10-8-6-4-2/h5,7,11,13,17,19,40H,3-4,6,8-10,12,14-16,18,20-39H2,1-2H3,(H,43,44)/b7-5-,13-11-,19-17-. The second-order valence-electron chi connectivity index (χ2n) is 13.4. The Balaban J connectivity index is 4.02. The van der Waals surface area contributed by atoms with E-state index in [0.717, 1.165) is 83.5 Å². The van der Waals surface area contributed by atoms with Gasteiger partial charge < -0.3 is 9.84 Å². The fourth-order valence-electron chi connectivity index (χ4n) is 5.96. The zero-order valence-corrected chi connectivity index (χ0v) is 30.6. The van der Waals surface area contributed by atoms with Gasteiger partial charge in [-0.25, -0.2) is 0 Å². The van der Waals surface area contributed by atoms with E-state index in [0.29, 0.717) is 6.42 Å². The first-order chi connectivity index (χ1) is 22.6. The lowest BCUT2D eigenvalue weighted by atomic mass is 10.0. The Morgan fingerprint density at radius 3 is 1.41 bits per heavy atom. The third-order valence-corrected chi connectivity index (χ3v) is 8.88. The Hall–Kier alpha value is -1.84. The lowest BCUT2D eigenvalue weighted by Gasteiger charge is -2.18. The van der Waals surface area contributed by atoms with Gasteiger partial charge in [-0.05, 0) is 70.6 Å². The van der Waals surface area contributed by atoms with E-state index in [4.69, 9.17) is 9.84 Å². The van der Waals surface area contributed by atoms with Gasteiger partial charge in [0.2, 0.25) is 0 Å². The first-order valence-electron chi connectivity index (χ1n) is 20.0. The first-order valence-corrected chi connectivity index (χ1v) is 20.0. The quantitative estimate of drug-likeness (QED) is 0.0419. The average Bonchev–Trinajstić information content (AvgIpc) is 3.04. The van der Waals surface area contributed by atoms with Crippen molar-refractivity contribution >= 4 is 11.9 Å². The van der Waals surface area contributed by atoms with E-state index in [9.17, 15) is 9.59 Å². The van der Waals surface area contributed by atoms with Gasteiger partial charge in [0.1, 0.15) is 6.10 Å². The Morgan fingerprint density at radius 2 is 0.913 bits per heavy atom. The summed E-state index contributed by atoms with van der Waals surface area (Å²) in [6.45, 7) is 4.44. The second-order valence-corrected chi connectivity index (χ2v) is 13.4. The van der Waals surface area contributed by atoms with Crippen LogP contribution >= 0.6 is 0 Å². The normalized spacial score (nSPS) is 12.6. The van der Waals surface area contributed by atoms with Crippen molar-refractivity contribution in [2.24, 2.45) is 0 Å². The van der Waals surface area contributed by atoms with Gasteiger partial charge in [0.15, 0.2) is 0 Å². The maximum Gasteiger partial charge on any atom is 0.306 e. The molecule has 0 bridgehead atoms. The Kier molecular flexibility index (Phi) is 36.1. The Bertz CT molecular complexity index is 738. The summed E-state index contributed by atoms with van der Waals surface area (Å²) < 4.78 is 5.98. The topological polar surface area (TPSA) is 63.6 Å². The highest BCUT2D eigenvalue weighted by Crippen LogP contribution is 2.19. The lowest BCUT2D eigenvalue weighted by molar-refractivity contribution is -0.150. The monoisotopic (exact) mass is 645 g/mol. The molecular weight excluding hydrogens is 568 g/mol. The molecule has 0 saturated carbocycles. The van der Waals surface area contributed by atoms with E-state index in [1.54, 1.807) is 0 Å². The number of hydrogen-bond acceptors (Lipinski definition) is 3. The van der Waals surface area contributed by atoms with Crippen molar-refractivity contribution in [3.05, 3.63) is 36.5 Å². The molecule has 0 aliphatic rings. The van der Waals surface area contributed by atoms with Crippen molar-refractivity contribution < 1.29 is 19.4 Å². The minimum atomic E-state index is -0.712. The molecule has 0 aromatic heterocycles. The zero-order valence-electron chi connectivity index (χ0n) is 30.6. The first kappa shape index (κ1) is 44.2. The number of ether oxygens (including phenoxy) is 1. The molecule has 0 aliphatic carbocycles. The Labute approximate surface area is 286 Å². The lowest BCUT2D eigenvalue weighted by Crippen LogP contribution is -2.18. The summed E-state index contributed by atoms with van der Waals surface area (Å²) in [5.74, 6) is -0.737. The predicted molar refractivity (Wildman–Crippen MR) is 199 cm³/mol. The molecule has 0 spiro atoms. The van der Waals surface area contributed by atoms with Crippen LogP contribution in [-0.4, -0.2) is 23.1 Å². The third-order valence-electron chi connectivity index (χ3n) is 8.88. The highest BCUT2D eigenvalue weighted by molar-refractivity contribution is 5.69. The Morgan fingerprint density at radius 1 is 0.500 bits per heavy atom. The maximum atomic E-state index is 12.6. The minimum Gasteiger partial charge on any atom is -0.481 e. The van der Waals surface area contributed by atoms with Gasteiger partial charge in [-0.15, -0.1) is 0 Å². The number of allylic oxidation sites excluding steroid dienone is 6. The van der Waals surface area contributed by atoms with Crippen molar-refractivity contribution in [3.8, 4) is 0 Å². The summed E-state index contributed by atoms with van der Waals surface area (Å²) in [4.78, 5) is 23.4. The molecule has 1 N–H and O–H groups in total. The largest absolute Gasteiger partial charge is 0.481 e. The number of rotatable bonds is 36. The van der Waals surface area contributed by atoms with Crippen molar-refractivity contribution in [1.29, 1.82) is 0 Å². The average molecular weight is 645 g/mol. The van der Waals surface area contributed by atoms with Crippen LogP contribution in [0.2, 0.25) is 0 Å². The number of hydrogen-bond donors (Lipinski definition) is 1. The molecule has 268 valence electrons. The fraction of sp³-hybridized carbons (Fsp3) is 0.810. The number of carbonyl (C=O) groups excluding carboxylic acids is 1. The van der Waals surface area contributed by atoms with Gasteiger partial charge in [-0.3, -0.25) is 9.59 Å². The number of carboxylic acid groups (broad SMARTS) is 1. The number of carboxylic acids is 1. The fourth-order valence-corrected chi connectivity index (χ4v) is 5.96. The van der Waals surface area contributed by atoms with Gasteiger partial charge in [0.25, 0.3) is 0 Å². The number of aliphatic carboxylic acids is 1. The van der Waals surface area contributed by atoms with Gasteiger partial charge >= 0.3 is 11.9 Å². The SMILES string of the molecule is CC/C=C\C/C=C\C/C=C\CCCCCCCC(=O)OC(CCCCCCCCCCCCCCCC)CCCCCCC(=O)O. The van der Waals surface area contributed by atoms with E-state index in [1.807, 2.05) is 0 Å². The minimum absolute atomic E-state index is 0.0255. The van der Waals surface area contributed by atoms with Crippen LogP contribution in [0.4, 0.5) is 0 Å². The van der Waals surface area contributed by atoms with Crippen molar-refractivity contribution in [3.63, 3.8) is 0 Å². The second kappa shape index (κ2) is 37.6. The number of esters is 1. The number of unbranched alkanes of at least 4 members (excludes halogenated alkanes) is 21. The van der Waals surface area contributed by atoms with Crippen molar-refractivity contribution in [1.82, 2.24) is 0 Å². The predicted octanol–water partition coefficient (Wildman–Crippen LogP) is 13.8. The number of carbonyl (C=O) groups is 2. The van der Waals surface area contributed by atoms with E-state index in [1.165, 1.54) is 103 Å². The van der Waals surface area contributed by atoms with E-state index in [-0.39, 0.29) is 18.5 Å². The van der Waals surface area contributed by atoms with E-state index in [2.05, 4.69) is 50.3 Å². The summed E-state index contributed by atoms with van der Waals surface area (Å²) in [5.41, 5.74) is 0. The van der Waals surface area contributed by atoms with Crippen LogP contribution in [0.3, 0.4) is 0 Å². The molecule has 0 aliphatic heterocycles. The van der Waals surface area contributed by atoms with Crippen molar-refractivity contribution in [2.75, 3.05) is 0 Å². The van der Waals surface area contributed by atoms with Gasteiger partial charge in [-0.2, -0.15) is 0 Å². The summed E-state index contributed by atoms with van der Waals surface area (Å²) in [5, 5.41) is 8.85. The van der Waals surface area contributed by atoms with E-state index < -0.39 is 5.97 Å². The summed E-state index contributed by atoms with van der Waals surface area (Å²) in [7, 11) is 0. The molecule has 1 atom stereocenters. The highest BCUT2D eigenvalue weighted by Gasteiger charge is 2.14. The van der Waals surface area contributed by atoms with Crippen LogP contribution in [-0.2, 0) is 14.3 Å². The summed E-state index contributed by atoms with van der Waals surface area (Å²) in [6.07, 6.45) is 48.7. The van der Waals surface area contributed by atoms with Crippen LogP contribution < -0.4 is 0 Å². The van der Waals surface area contributed by atoms with E-state index >= 15 is 0 Å². The smallest absolute Gasteiger partial charge is 0.306 e. The zero-order chi connectivity index (χ0) is 33.6. The molecule has 0 heterocycles. The highest BCUT2D eigenvalue weighted by atomic mass is 16.5. The molecule has 0 saturated heterocycles. The molecule has 0 rings (SSSR count). The van der Waals surface area contributed by atoms with Crippen LogP contribution in [0.1, 0.15) is 213 Å². The molecule has 4 nitrogen and oxygen atoms in total.